The van der Waals surface area contributed by atoms with Crippen LogP contribution in [0.5, 0.6) is 5.75 Å². The molecular weight excluding hydrogens is 330 g/mol. The third-order valence-electron chi connectivity index (χ3n) is 3.45. The summed E-state index contributed by atoms with van der Waals surface area (Å²) in [6.07, 6.45) is 2.70. The van der Waals surface area contributed by atoms with E-state index in [-0.39, 0.29) is 0 Å². The number of nitrogens with two attached hydrogens (primary N) is 1. The van der Waals surface area contributed by atoms with Gasteiger partial charge in [-0.2, -0.15) is 5.10 Å². The Hall–Kier alpha value is -2.27. The molecule has 0 fully saturated rings. The lowest BCUT2D eigenvalue weighted by Crippen LogP contribution is -2.06. The summed E-state index contributed by atoms with van der Waals surface area (Å²) in [6, 6.07) is 18.0. The summed E-state index contributed by atoms with van der Waals surface area (Å²) in [5.74, 6) is 2.21. The van der Waals surface area contributed by atoms with E-state index in [0.717, 1.165) is 23.5 Å². The van der Waals surface area contributed by atoms with Gasteiger partial charge in [-0.05, 0) is 30.0 Å². The molecule has 2 rings (SSSR count). The first kappa shape index (κ1) is 19.1. The average molecular weight is 356 g/mol. The minimum atomic E-state index is 0.443. The first-order valence-corrected chi connectivity index (χ1v) is 9.38. The lowest BCUT2D eigenvalue weighted by Gasteiger charge is -2.09. The normalized spacial score (nSPS) is 12.0. The smallest absolute Gasteiger partial charge is 0.180 e. The van der Waals surface area contributed by atoms with Crippen molar-refractivity contribution in [1.82, 2.24) is 0 Å². The number of ether oxygens (including phenoxy) is 1. The number of thioether (sulfide) groups is 1. The second-order valence-corrected chi connectivity index (χ2v) is 7.02. The van der Waals surface area contributed by atoms with Crippen LogP contribution in [0.4, 0.5) is 0 Å². The van der Waals surface area contributed by atoms with Gasteiger partial charge in [0.2, 0.25) is 0 Å². The van der Waals surface area contributed by atoms with E-state index in [1.807, 2.05) is 42.5 Å². The molecule has 0 saturated carbocycles. The van der Waals surface area contributed by atoms with Crippen LogP contribution < -0.4 is 10.5 Å². The molecule has 0 saturated heterocycles. The van der Waals surface area contributed by atoms with Gasteiger partial charge in [-0.3, -0.25) is 0 Å². The molecule has 2 aromatic rings. The van der Waals surface area contributed by atoms with Crippen LogP contribution in [-0.4, -0.2) is 18.0 Å². The van der Waals surface area contributed by atoms with Crippen LogP contribution in [0.2, 0.25) is 0 Å². The third kappa shape index (κ3) is 7.44. The van der Waals surface area contributed by atoms with Gasteiger partial charge in [0.05, 0.1) is 12.8 Å². The molecule has 0 aliphatic heterocycles. The molecule has 0 aromatic heterocycles. The molecule has 0 heterocycles. The monoisotopic (exact) mass is 355 g/mol. The molecule has 0 spiro atoms. The molecule has 2 N–H and O–H groups in total. The Bertz CT molecular complexity index is 699. The molecule has 0 bridgehead atoms. The van der Waals surface area contributed by atoms with Crippen molar-refractivity contribution in [2.24, 2.45) is 21.9 Å². The van der Waals surface area contributed by atoms with Crippen LogP contribution in [0.1, 0.15) is 31.4 Å². The van der Waals surface area contributed by atoms with E-state index in [1.54, 1.807) is 6.21 Å². The molecule has 0 atom stereocenters. The molecule has 5 heteroatoms. The van der Waals surface area contributed by atoms with Crippen molar-refractivity contribution in [3.63, 3.8) is 0 Å². The maximum Gasteiger partial charge on any atom is 0.180 e. The minimum absolute atomic E-state index is 0.443. The summed E-state index contributed by atoms with van der Waals surface area (Å²) >= 11 is 1.47. The summed E-state index contributed by atoms with van der Waals surface area (Å²) in [5, 5.41) is 8.59. The van der Waals surface area contributed by atoms with Gasteiger partial charge in [-0.25, -0.2) is 0 Å². The van der Waals surface area contributed by atoms with Gasteiger partial charge in [-0.1, -0.05) is 68.1 Å². The van der Waals surface area contributed by atoms with Gasteiger partial charge in [-0.15, -0.1) is 5.10 Å². The van der Waals surface area contributed by atoms with Gasteiger partial charge in [0.15, 0.2) is 5.17 Å². The molecule has 0 amide bonds. The highest BCUT2D eigenvalue weighted by atomic mass is 32.2. The van der Waals surface area contributed by atoms with Gasteiger partial charge in [0.1, 0.15) is 5.75 Å². The number of hydrogen-bond donors (Lipinski definition) is 1. The molecule has 25 heavy (non-hydrogen) atoms. The zero-order valence-electron chi connectivity index (χ0n) is 14.8. The highest BCUT2D eigenvalue weighted by Crippen LogP contribution is 2.17. The predicted molar refractivity (Wildman–Crippen MR) is 108 cm³/mol. The zero-order chi connectivity index (χ0) is 17.9. The Morgan fingerprint density at radius 3 is 2.60 bits per heavy atom. The lowest BCUT2D eigenvalue weighted by atomic mass is 10.1. The van der Waals surface area contributed by atoms with Gasteiger partial charge in [0.25, 0.3) is 0 Å². The highest BCUT2D eigenvalue weighted by Gasteiger charge is 2.02. The number of nitrogens with zero attached hydrogens (tertiary/aromatic N) is 2. The molecule has 0 radical (unpaired) electrons. The van der Waals surface area contributed by atoms with E-state index in [9.17, 15) is 0 Å². The fourth-order valence-electron chi connectivity index (χ4n) is 2.03. The lowest BCUT2D eigenvalue weighted by molar-refractivity contribution is 0.289. The van der Waals surface area contributed by atoms with E-state index >= 15 is 0 Å². The first-order valence-electron chi connectivity index (χ1n) is 8.40. The molecule has 4 nitrogen and oxygen atoms in total. The van der Waals surface area contributed by atoms with Crippen LogP contribution in [0.15, 0.2) is 64.8 Å². The van der Waals surface area contributed by atoms with Crippen molar-refractivity contribution in [3.05, 3.63) is 65.7 Å². The number of rotatable bonds is 8. The van der Waals surface area contributed by atoms with Crippen molar-refractivity contribution < 1.29 is 4.74 Å². The topological polar surface area (TPSA) is 60.0 Å². The largest absolute Gasteiger partial charge is 0.493 e. The van der Waals surface area contributed by atoms with Gasteiger partial charge in [0, 0.05) is 11.3 Å². The fraction of sp³-hybridized carbons (Fsp3) is 0.300. The molecule has 2 aromatic carbocycles. The Morgan fingerprint density at radius 1 is 1.12 bits per heavy atom. The second-order valence-electron chi connectivity index (χ2n) is 6.03. The number of amidine groups is 1. The van der Waals surface area contributed by atoms with Crippen LogP contribution in [-0.2, 0) is 5.75 Å². The maximum absolute atomic E-state index is 5.91. The SMILES string of the molecule is CC(C)CCOc1ccccc1C=NN=C(N)SCc1ccccc1. The van der Waals surface area contributed by atoms with E-state index in [1.165, 1.54) is 17.3 Å². The van der Waals surface area contributed by atoms with Crippen LogP contribution in [0.3, 0.4) is 0 Å². The summed E-state index contributed by atoms with van der Waals surface area (Å²) < 4.78 is 5.83. The number of para-hydroxylation sites is 1. The van der Waals surface area contributed by atoms with Gasteiger partial charge < -0.3 is 10.5 Å². The quantitative estimate of drug-likeness (QED) is 0.424. The van der Waals surface area contributed by atoms with E-state index in [0.29, 0.717) is 17.7 Å². The third-order valence-corrected chi connectivity index (χ3v) is 4.31. The maximum atomic E-state index is 5.91. The Morgan fingerprint density at radius 2 is 1.84 bits per heavy atom. The van der Waals surface area contributed by atoms with Crippen molar-refractivity contribution in [2.45, 2.75) is 26.0 Å². The Balaban J connectivity index is 1.89. The van der Waals surface area contributed by atoms with Crippen molar-refractivity contribution in [1.29, 1.82) is 0 Å². The Labute approximate surface area is 154 Å². The molecule has 0 aliphatic carbocycles. The van der Waals surface area contributed by atoms with Gasteiger partial charge >= 0.3 is 0 Å². The highest BCUT2D eigenvalue weighted by molar-refractivity contribution is 8.13. The van der Waals surface area contributed by atoms with Crippen LogP contribution >= 0.6 is 11.8 Å². The van der Waals surface area contributed by atoms with E-state index < -0.39 is 0 Å². The summed E-state index contributed by atoms with van der Waals surface area (Å²) in [7, 11) is 0. The van der Waals surface area contributed by atoms with Crippen molar-refractivity contribution in [3.8, 4) is 5.75 Å². The fourth-order valence-corrected chi connectivity index (χ4v) is 2.64. The first-order chi connectivity index (χ1) is 12.1. The molecule has 0 unspecified atom stereocenters. The predicted octanol–water partition coefficient (Wildman–Crippen LogP) is 4.69. The standard InChI is InChI=1S/C20H25N3OS/c1-16(2)12-13-24-19-11-7-6-10-18(19)14-22-23-20(21)25-15-17-8-4-3-5-9-17/h3-11,14,16H,12-13,15H2,1-2H3,(H2,21,23). The van der Waals surface area contributed by atoms with Crippen LogP contribution in [0, 0.1) is 5.92 Å². The van der Waals surface area contributed by atoms with Crippen molar-refractivity contribution in [2.75, 3.05) is 6.61 Å². The molecule has 132 valence electrons. The zero-order valence-corrected chi connectivity index (χ0v) is 15.6. The Kier molecular flexibility index (Phi) is 8.05. The van der Waals surface area contributed by atoms with Crippen LogP contribution in [0.25, 0.3) is 0 Å². The minimum Gasteiger partial charge on any atom is -0.493 e. The summed E-state index contributed by atoms with van der Waals surface area (Å²) in [5.41, 5.74) is 8.01. The summed E-state index contributed by atoms with van der Waals surface area (Å²) in [4.78, 5) is 0. The van der Waals surface area contributed by atoms with E-state index in [4.69, 9.17) is 10.5 Å². The molecular formula is C20H25N3OS. The average Bonchev–Trinajstić information content (AvgIpc) is 2.62. The number of hydrogen-bond acceptors (Lipinski definition) is 4. The second kappa shape index (κ2) is 10.6. The molecule has 0 aliphatic rings. The van der Waals surface area contributed by atoms with E-state index in [2.05, 4.69) is 36.2 Å². The van der Waals surface area contributed by atoms with Crippen molar-refractivity contribution >= 4 is 23.1 Å². The summed E-state index contributed by atoms with van der Waals surface area (Å²) in [6.45, 7) is 5.06. The number of benzene rings is 2.